The Morgan fingerprint density at radius 3 is 3.00 bits per heavy atom. The van der Waals surface area contributed by atoms with Gasteiger partial charge in [0.2, 0.25) is 0 Å². The second-order valence-corrected chi connectivity index (χ2v) is 5.40. The van der Waals surface area contributed by atoms with Crippen LogP contribution in [0.3, 0.4) is 0 Å². The van der Waals surface area contributed by atoms with E-state index in [1.807, 2.05) is 6.07 Å². The number of pyridine rings is 1. The van der Waals surface area contributed by atoms with Crippen molar-refractivity contribution in [2.75, 3.05) is 0 Å². The minimum Gasteiger partial charge on any atom is -0.345 e. The van der Waals surface area contributed by atoms with E-state index in [-0.39, 0.29) is 18.0 Å². The van der Waals surface area contributed by atoms with Gasteiger partial charge in [-0.15, -0.1) is 0 Å². The first-order valence-corrected chi connectivity index (χ1v) is 6.83. The molecule has 3 nitrogen and oxygen atoms in total. The summed E-state index contributed by atoms with van der Waals surface area (Å²) >= 11 is 3.34. The van der Waals surface area contributed by atoms with Crippen LogP contribution in [-0.4, -0.2) is 15.8 Å². The quantitative estimate of drug-likeness (QED) is 0.739. The first-order chi connectivity index (χ1) is 9.63. The second kappa shape index (κ2) is 5.17. The van der Waals surface area contributed by atoms with Gasteiger partial charge in [0.15, 0.2) is 5.78 Å². The number of nitrogens with zero attached hydrogens (tertiary/aromatic N) is 1. The van der Waals surface area contributed by atoms with Crippen molar-refractivity contribution < 1.29 is 9.18 Å². The van der Waals surface area contributed by atoms with E-state index in [2.05, 4.69) is 25.9 Å². The summed E-state index contributed by atoms with van der Waals surface area (Å²) in [6, 6.07) is 7.93. The van der Waals surface area contributed by atoms with E-state index in [0.29, 0.717) is 16.8 Å². The number of carbonyl (C=O) groups excluding carboxylic acids is 1. The van der Waals surface area contributed by atoms with Crippen LogP contribution < -0.4 is 0 Å². The van der Waals surface area contributed by atoms with Gasteiger partial charge < -0.3 is 4.98 Å². The van der Waals surface area contributed by atoms with Crippen molar-refractivity contribution in [1.82, 2.24) is 9.97 Å². The molecule has 1 N–H and O–H groups in total. The molecule has 0 bridgehead atoms. The van der Waals surface area contributed by atoms with Crippen molar-refractivity contribution in [3.63, 3.8) is 0 Å². The number of aromatic amines is 1. The zero-order valence-corrected chi connectivity index (χ0v) is 11.9. The van der Waals surface area contributed by atoms with Gasteiger partial charge in [-0.05, 0) is 39.7 Å². The van der Waals surface area contributed by atoms with Crippen LogP contribution in [0.15, 0.2) is 47.2 Å². The number of nitrogens with one attached hydrogen (secondary N) is 1. The smallest absolute Gasteiger partial charge is 0.169 e. The predicted octanol–water partition coefficient (Wildman–Crippen LogP) is 3.89. The lowest BCUT2D eigenvalue weighted by Gasteiger charge is -2.01. The molecule has 0 aliphatic heterocycles. The summed E-state index contributed by atoms with van der Waals surface area (Å²) in [6.45, 7) is 0. The van der Waals surface area contributed by atoms with Crippen LogP contribution in [0, 0.1) is 5.82 Å². The third-order valence-electron chi connectivity index (χ3n) is 3.05. The molecule has 3 rings (SSSR count). The van der Waals surface area contributed by atoms with Crippen molar-refractivity contribution in [3.05, 3.63) is 64.1 Å². The van der Waals surface area contributed by atoms with Crippen molar-refractivity contribution >= 4 is 32.7 Å². The summed E-state index contributed by atoms with van der Waals surface area (Å²) in [7, 11) is 0. The number of aromatic nitrogens is 2. The molecule has 1 aromatic carbocycles. The SMILES string of the molecule is O=C(Cc1cccc(F)c1)c1c[nH]c2ncc(Br)cc12. The molecule has 0 unspecified atom stereocenters. The van der Waals surface area contributed by atoms with E-state index in [1.165, 1.54) is 12.1 Å². The Labute approximate surface area is 123 Å². The van der Waals surface area contributed by atoms with Crippen molar-refractivity contribution in [2.24, 2.45) is 0 Å². The van der Waals surface area contributed by atoms with Crippen LogP contribution in [0.1, 0.15) is 15.9 Å². The zero-order valence-electron chi connectivity index (χ0n) is 10.4. The van der Waals surface area contributed by atoms with Gasteiger partial charge in [0, 0.05) is 34.2 Å². The zero-order chi connectivity index (χ0) is 14.1. The average molecular weight is 333 g/mol. The van der Waals surface area contributed by atoms with Gasteiger partial charge in [-0.3, -0.25) is 4.79 Å². The van der Waals surface area contributed by atoms with Crippen molar-refractivity contribution in [1.29, 1.82) is 0 Å². The number of hydrogen-bond acceptors (Lipinski definition) is 2. The Kier molecular flexibility index (Phi) is 3.36. The molecule has 0 amide bonds. The second-order valence-electron chi connectivity index (χ2n) is 4.48. The van der Waals surface area contributed by atoms with Gasteiger partial charge >= 0.3 is 0 Å². The maximum Gasteiger partial charge on any atom is 0.169 e. The molecular weight excluding hydrogens is 323 g/mol. The van der Waals surface area contributed by atoms with Crippen LogP contribution in [0.4, 0.5) is 4.39 Å². The molecule has 0 saturated carbocycles. The molecule has 100 valence electrons. The van der Waals surface area contributed by atoms with Gasteiger partial charge in [-0.25, -0.2) is 9.37 Å². The van der Waals surface area contributed by atoms with Gasteiger partial charge in [-0.1, -0.05) is 12.1 Å². The van der Waals surface area contributed by atoms with Gasteiger partial charge in [0.1, 0.15) is 11.5 Å². The average Bonchev–Trinajstić information content (AvgIpc) is 2.81. The van der Waals surface area contributed by atoms with E-state index < -0.39 is 0 Å². The Balaban J connectivity index is 1.94. The van der Waals surface area contributed by atoms with E-state index in [9.17, 15) is 9.18 Å². The summed E-state index contributed by atoms with van der Waals surface area (Å²) in [5.41, 5.74) is 1.89. The molecule has 2 heterocycles. The van der Waals surface area contributed by atoms with Crippen LogP contribution >= 0.6 is 15.9 Å². The Hall–Kier alpha value is -2.01. The molecule has 0 aliphatic rings. The summed E-state index contributed by atoms with van der Waals surface area (Å²) in [4.78, 5) is 19.5. The Morgan fingerprint density at radius 1 is 1.35 bits per heavy atom. The normalized spacial score (nSPS) is 10.9. The maximum absolute atomic E-state index is 13.1. The molecule has 0 atom stereocenters. The van der Waals surface area contributed by atoms with E-state index in [0.717, 1.165) is 9.86 Å². The lowest BCUT2D eigenvalue weighted by molar-refractivity contribution is 0.0994. The number of rotatable bonds is 3. The fraction of sp³-hybridized carbons (Fsp3) is 0.0667. The van der Waals surface area contributed by atoms with Crippen LogP contribution in [0.5, 0.6) is 0 Å². The van der Waals surface area contributed by atoms with E-state index >= 15 is 0 Å². The number of ketones is 1. The van der Waals surface area contributed by atoms with Crippen LogP contribution in [0.25, 0.3) is 11.0 Å². The minimum atomic E-state index is -0.335. The third kappa shape index (κ3) is 2.49. The predicted molar refractivity (Wildman–Crippen MR) is 78.2 cm³/mol. The Bertz CT molecular complexity index is 797. The standard InChI is InChI=1S/C15H10BrFN2O/c16-10-6-12-13(8-19-15(12)18-7-10)14(20)5-9-2-1-3-11(17)4-9/h1-4,6-8H,5H2,(H,18,19). The summed E-state index contributed by atoms with van der Waals surface area (Å²) in [6.07, 6.45) is 3.47. The first kappa shape index (κ1) is 13.0. The molecule has 2 aromatic heterocycles. The van der Waals surface area contributed by atoms with Gasteiger partial charge in [-0.2, -0.15) is 0 Å². The molecule has 0 radical (unpaired) electrons. The van der Waals surface area contributed by atoms with Crippen molar-refractivity contribution in [3.8, 4) is 0 Å². The number of H-pyrrole nitrogens is 1. The van der Waals surface area contributed by atoms with Crippen molar-refractivity contribution in [2.45, 2.75) is 6.42 Å². The number of carbonyl (C=O) groups is 1. The first-order valence-electron chi connectivity index (χ1n) is 6.04. The highest BCUT2D eigenvalue weighted by Crippen LogP contribution is 2.22. The molecule has 20 heavy (non-hydrogen) atoms. The topological polar surface area (TPSA) is 45.8 Å². The summed E-state index contributed by atoms with van der Waals surface area (Å²) in [5, 5.41) is 0.765. The largest absolute Gasteiger partial charge is 0.345 e. The van der Waals surface area contributed by atoms with Crippen LogP contribution in [-0.2, 0) is 6.42 Å². The lowest BCUT2D eigenvalue weighted by atomic mass is 10.0. The fourth-order valence-electron chi connectivity index (χ4n) is 2.14. The summed E-state index contributed by atoms with van der Waals surface area (Å²) < 4.78 is 13.9. The molecule has 0 saturated heterocycles. The van der Waals surface area contributed by atoms with Gasteiger partial charge in [0.25, 0.3) is 0 Å². The molecule has 0 fully saturated rings. The fourth-order valence-corrected chi connectivity index (χ4v) is 2.47. The molecule has 0 spiro atoms. The molecule has 3 aromatic rings. The highest BCUT2D eigenvalue weighted by Gasteiger charge is 2.14. The molecule has 0 aliphatic carbocycles. The summed E-state index contributed by atoms with van der Waals surface area (Å²) in [5.74, 6) is -0.402. The molecular formula is C15H10BrFN2O. The monoisotopic (exact) mass is 332 g/mol. The van der Waals surface area contributed by atoms with E-state index in [4.69, 9.17) is 0 Å². The molecule has 5 heteroatoms. The number of benzene rings is 1. The third-order valence-corrected chi connectivity index (χ3v) is 3.49. The number of Topliss-reactive ketones (excluding diaryl/α,β-unsaturated/α-hetero) is 1. The number of halogens is 2. The maximum atomic E-state index is 13.1. The highest BCUT2D eigenvalue weighted by atomic mass is 79.9. The highest BCUT2D eigenvalue weighted by molar-refractivity contribution is 9.10. The van der Waals surface area contributed by atoms with Crippen LogP contribution in [0.2, 0.25) is 0 Å². The van der Waals surface area contributed by atoms with E-state index in [1.54, 1.807) is 24.5 Å². The number of fused-ring (bicyclic) bond motifs is 1. The minimum absolute atomic E-state index is 0.0678. The Morgan fingerprint density at radius 2 is 2.20 bits per heavy atom. The lowest BCUT2D eigenvalue weighted by Crippen LogP contribution is -2.03. The van der Waals surface area contributed by atoms with Gasteiger partial charge in [0.05, 0.1) is 0 Å². The number of hydrogen-bond donors (Lipinski definition) is 1.